The summed E-state index contributed by atoms with van der Waals surface area (Å²) in [4.78, 5) is 33.8. The largest absolute Gasteiger partial charge is 0.455 e. The molecule has 5 rings (SSSR count). The predicted octanol–water partition coefficient (Wildman–Crippen LogP) is 5.55. The number of aromatic nitrogens is 1. The lowest BCUT2D eigenvalue weighted by molar-refractivity contribution is 0.0994. The average molecular weight is 518 g/mol. The van der Waals surface area contributed by atoms with Gasteiger partial charge in [0.2, 0.25) is 0 Å². The summed E-state index contributed by atoms with van der Waals surface area (Å²) in [5.74, 6) is 1.26. The van der Waals surface area contributed by atoms with Crippen LogP contribution in [0.4, 0.5) is 26.4 Å². The number of benzene rings is 1. The van der Waals surface area contributed by atoms with E-state index in [-0.39, 0.29) is 17.6 Å². The highest BCUT2D eigenvalue weighted by molar-refractivity contribution is 6.03. The lowest BCUT2D eigenvalue weighted by Gasteiger charge is -2.35. The number of rotatable bonds is 4. The molecule has 9 heteroatoms. The van der Waals surface area contributed by atoms with Crippen molar-refractivity contribution in [3.63, 3.8) is 0 Å². The van der Waals surface area contributed by atoms with Crippen LogP contribution in [-0.2, 0) is 12.8 Å². The Kier molecular flexibility index (Phi) is 7.18. The lowest BCUT2D eigenvalue weighted by atomic mass is 10.0. The Morgan fingerprint density at radius 1 is 0.947 bits per heavy atom. The van der Waals surface area contributed by atoms with Crippen LogP contribution >= 0.6 is 0 Å². The van der Waals surface area contributed by atoms with Gasteiger partial charge in [0.15, 0.2) is 5.76 Å². The molecular weight excluding hydrogens is 485 g/mol. The Hall–Kier alpha value is -4.14. The summed E-state index contributed by atoms with van der Waals surface area (Å²) in [6, 6.07) is 9.45. The van der Waals surface area contributed by atoms with E-state index in [4.69, 9.17) is 4.42 Å². The van der Waals surface area contributed by atoms with Gasteiger partial charge < -0.3 is 24.9 Å². The molecule has 0 bridgehead atoms. The van der Waals surface area contributed by atoms with Crippen LogP contribution in [-0.4, -0.2) is 48.0 Å². The second-order valence-corrected chi connectivity index (χ2v) is 9.94. The number of fused-ring (bicyclic) bond motifs is 1. The minimum atomic E-state index is -0.463. The van der Waals surface area contributed by atoms with E-state index in [1.807, 2.05) is 19.1 Å². The molecule has 1 aromatic carbocycles. The zero-order chi connectivity index (χ0) is 26.8. The Balaban J connectivity index is 1.17. The van der Waals surface area contributed by atoms with E-state index < -0.39 is 5.82 Å². The first-order chi connectivity index (χ1) is 18.3. The van der Waals surface area contributed by atoms with Crippen LogP contribution in [0.1, 0.15) is 47.7 Å². The number of urea groups is 1. The SMILES string of the molecule is CC1=C(C)Cc2oc(C(=O)Nc3ccc(N4CCN(C(=O)Nc5ccccc5F)CC4)nc3)c(C)c2CC1. The first kappa shape index (κ1) is 25.5. The molecule has 0 unspecified atom stereocenters. The lowest BCUT2D eigenvalue weighted by Crippen LogP contribution is -2.50. The van der Waals surface area contributed by atoms with Crippen molar-refractivity contribution in [2.24, 2.45) is 0 Å². The molecule has 1 aliphatic carbocycles. The van der Waals surface area contributed by atoms with Crippen LogP contribution in [0.3, 0.4) is 0 Å². The molecule has 8 nitrogen and oxygen atoms in total. The number of halogens is 1. The molecule has 0 atom stereocenters. The third-order valence-corrected chi connectivity index (χ3v) is 7.48. The number of hydrogen-bond donors (Lipinski definition) is 2. The summed E-state index contributed by atoms with van der Waals surface area (Å²) in [7, 11) is 0. The molecule has 0 saturated carbocycles. The van der Waals surface area contributed by atoms with Crippen molar-refractivity contribution in [2.45, 2.75) is 40.0 Å². The Bertz CT molecular complexity index is 1390. The van der Waals surface area contributed by atoms with E-state index in [2.05, 4.69) is 34.4 Å². The number of nitrogens with one attached hydrogen (secondary N) is 2. The average Bonchev–Trinajstić information content (AvgIpc) is 3.15. The molecule has 1 saturated heterocycles. The monoisotopic (exact) mass is 517 g/mol. The molecule has 3 heterocycles. The molecule has 2 N–H and O–H groups in total. The first-order valence-electron chi connectivity index (χ1n) is 12.9. The maximum atomic E-state index is 13.8. The number of furan rings is 1. The van der Waals surface area contributed by atoms with Crippen LogP contribution in [0, 0.1) is 12.7 Å². The summed E-state index contributed by atoms with van der Waals surface area (Å²) in [6.45, 7) is 8.38. The van der Waals surface area contributed by atoms with Crippen LogP contribution in [0.25, 0.3) is 0 Å². The van der Waals surface area contributed by atoms with Crippen LogP contribution < -0.4 is 15.5 Å². The number of hydrogen-bond acceptors (Lipinski definition) is 5. The van der Waals surface area contributed by atoms with Gasteiger partial charge in [0.05, 0.1) is 17.6 Å². The molecule has 3 amide bonds. The van der Waals surface area contributed by atoms with Crippen molar-refractivity contribution in [1.82, 2.24) is 9.88 Å². The van der Waals surface area contributed by atoms with E-state index in [9.17, 15) is 14.0 Å². The number of para-hydroxylation sites is 1. The van der Waals surface area contributed by atoms with Crippen molar-refractivity contribution in [3.8, 4) is 0 Å². The third kappa shape index (κ3) is 5.27. The van der Waals surface area contributed by atoms with Crippen molar-refractivity contribution in [2.75, 3.05) is 41.7 Å². The molecule has 1 fully saturated rings. The number of anilines is 3. The van der Waals surface area contributed by atoms with Crippen LogP contribution in [0.15, 0.2) is 58.2 Å². The number of piperazine rings is 1. The summed E-state index contributed by atoms with van der Waals surface area (Å²) in [5.41, 5.74) is 5.49. The molecule has 0 spiro atoms. The highest BCUT2D eigenvalue weighted by atomic mass is 19.1. The first-order valence-corrected chi connectivity index (χ1v) is 12.9. The maximum absolute atomic E-state index is 13.8. The number of carbonyl (C=O) groups is 2. The molecule has 2 aliphatic rings. The molecular formula is C29H32FN5O3. The van der Waals surface area contributed by atoms with Gasteiger partial charge in [-0.05, 0) is 63.4 Å². The quantitative estimate of drug-likeness (QED) is 0.443. The fourth-order valence-electron chi connectivity index (χ4n) is 4.94. The van der Waals surface area contributed by atoms with Crippen LogP contribution in [0.2, 0.25) is 0 Å². The standard InChI is InChI=1S/C29H32FN5O3/c1-18-8-10-22-20(3)27(38-25(22)16-19(18)2)28(36)32-21-9-11-26(31-17-21)34-12-14-35(15-13-34)29(37)33-24-7-5-4-6-23(24)30/h4-7,9,11,17H,8,10,12-16H2,1-3H3,(H,32,36)(H,33,37). The Morgan fingerprint density at radius 2 is 1.71 bits per heavy atom. The normalized spacial score (nSPS) is 15.7. The van der Waals surface area contributed by atoms with Crippen molar-refractivity contribution >= 4 is 29.1 Å². The number of carbonyl (C=O) groups excluding carboxylic acids is 2. The van der Waals surface area contributed by atoms with Gasteiger partial charge in [-0.1, -0.05) is 23.3 Å². The highest BCUT2D eigenvalue weighted by Gasteiger charge is 2.25. The fourth-order valence-corrected chi connectivity index (χ4v) is 4.94. The van der Waals surface area contributed by atoms with Gasteiger partial charge in [0, 0.05) is 38.2 Å². The van der Waals surface area contributed by atoms with Gasteiger partial charge in [-0.3, -0.25) is 4.79 Å². The summed E-state index contributed by atoms with van der Waals surface area (Å²) < 4.78 is 19.9. The summed E-state index contributed by atoms with van der Waals surface area (Å²) in [5, 5.41) is 5.53. The Labute approximate surface area is 221 Å². The van der Waals surface area contributed by atoms with E-state index in [1.54, 1.807) is 23.2 Å². The van der Waals surface area contributed by atoms with E-state index in [0.29, 0.717) is 37.6 Å². The van der Waals surface area contributed by atoms with Crippen LogP contribution in [0.5, 0.6) is 0 Å². The smallest absolute Gasteiger partial charge is 0.322 e. The molecule has 198 valence electrons. The third-order valence-electron chi connectivity index (χ3n) is 7.48. The number of allylic oxidation sites excluding steroid dienone is 2. The summed E-state index contributed by atoms with van der Waals surface area (Å²) in [6.07, 6.45) is 4.24. The van der Waals surface area contributed by atoms with Gasteiger partial charge in [-0.2, -0.15) is 0 Å². The van der Waals surface area contributed by atoms with Gasteiger partial charge >= 0.3 is 6.03 Å². The molecule has 38 heavy (non-hydrogen) atoms. The maximum Gasteiger partial charge on any atom is 0.322 e. The van der Waals surface area contributed by atoms with E-state index in [0.717, 1.165) is 42.0 Å². The van der Waals surface area contributed by atoms with Gasteiger partial charge in [0.1, 0.15) is 17.4 Å². The number of amides is 3. The van der Waals surface area contributed by atoms with E-state index in [1.165, 1.54) is 23.3 Å². The van der Waals surface area contributed by atoms with E-state index >= 15 is 0 Å². The minimum absolute atomic E-state index is 0.168. The highest BCUT2D eigenvalue weighted by Crippen LogP contribution is 2.31. The topological polar surface area (TPSA) is 90.7 Å². The van der Waals surface area contributed by atoms with Gasteiger partial charge in [0.25, 0.3) is 5.91 Å². The number of pyridine rings is 1. The Morgan fingerprint density at radius 3 is 2.42 bits per heavy atom. The van der Waals surface area contributed by atoms with Crippen molar-refractivity contribution in [1.29, 1.82) is 0 Å². The van der Waals surface area contributed by atoms with Crippen molar-refractivity contribution < 1.29 is 18.4 Å². The van der Waals surface area contributed by atoms with Gasteiger partial charge in [-0.15, -0.1) is 0 Å². The molecule has 3 aromatic rings. The second kappa shape index (κ2) is 10.7. The predicted molar refractivity (Wildman–Crippen MR) is 145 cm³/mol. The minimum Gasteiger partial charge on any atom is -0.455 e. The summed E-state index contributed by atoms with van der Waals surface area (Å²) >= 11 is 0. The van der Waals surface area contributed by atoms with Crippen molar-refractivity contribution in [3.05, 3.63) is 82.2 Å². The zero-order valence-corrected chi connectivity index (χ0v) is 21.9. The molecule has 0 radical (unpaired) electrons. The molecule has 2 aromatic heterocycles. The zero-order valence-electron chi connectivity index (χ0n) is 21.9. The number of nitrogens with zero attached hydrogens (tertiary/aromatic N) is 3. The van der Waals surface area contributed by atoms with Gasteiger partial charge in [-0.25, -0.2) is 14.2 Å². The molecule has 1 aliphatic heterocycles. The second-order valence-electron chi connectivity index (χ2n) is 9.94. The fraction of sp³-hybridized carbons (Fsp3) is 0.345.